The zero-order chi connectivity index (χ0) is 36.7. The van der Waals surface area contributed by atoms with E-state index in [4.69, 9.17) is 16.3 Å². The van der Waals surface area contributed by atoms with Gasteiger partial charge in [-0.25, -0.2) is 9.78 Å². The number of rotatable bonds is 7. The van der Waals surface area contributed by atoms with Crippen molar-refractivity contribution < 1.29 is 40.7 Å². The third-order valence-electron chi connectivity index (χ3n) is 8.31. The molecule has 0 spiro atoms. The van der Waals surface area contributed by atoms with Crippen LogP contribution in [0.3, 0.4) is 0 Å². The molecule has 2 aliphatic rings. The molecule has 5 heterocycles. The quantitative estimate of drug-likeness (QED) is 0.231. The number of amides is 3. The maximum absolute atomic E-state index is 14.1. The SMILES string of the molecule is CCc1c(N2CCN(C(=O)Nc3nc[nH]c3C(F)(F)F)CC2)c(=O)n2nc(C3=CCOCC3)nc2n1CC(=O)Nc1ccc(C(F)(F)F)cc1Cl. The average Bonchev–Trinajstić information content (AvgIpc) is 3.75. The molecular formula is C30H29ClF6N10O4. The van der Waals surface area contributed by atoms with E-state index in [0.717, 1.165) is 28.5 Å². The number of piperazine rings is 1. The number of urea groups is 1. The number of carbonyl (C=O) groups excluding carboxylic acids is 2. The Hall–Kier alpha value is -5.11. The number of halogens is 7. The van der Waals surface area contributed by atoms with E-state index in [-0.39, 0.29) is 60.6 Å². The van der Waals surface area contributed by atoms with Crippen molar-refractivity contribution in [3.05, 3.63) is 68.8 Å². The molecule has 51 heavy (non-hydrogen) atoms. The van der Waals surface area contributed by atoms with Gasteiger partial charge in [0.15, 0.2) is 17.3 Å². The Morgan fingerprint density at radius 1 is 1.06 bits per heavy atom. The number of ether oxygens (including phenoxy) is 1. The van der Waals surface area contributed by atoms with Crippen LogP contribution in [0.1, 0.15) is 36.1 Å². The standard InChI is InChI=1S/C30H29ClF6N10O4/c1-2-20-22(44-7-9-45(10-8-44)28(50)42-25-23(30(35,36)37)38-15-39-25)26(49)47-27(41-24(43-47)16-5-11-51-12-6-16)46(20)14-21(48)40-19-4-3-17(13-18(19)31)29(32,33)34/h3-5,13,15H,2,6-12,14H2,1H3,(H,38,39)(H,40,48)(H,42,50). The molecule has 2 aliphatic heterocycles. The van der Waals surface area contributed by atoms with Gasteiger partial charge in [0.2, 0.25) is 11.7 Å². The number of hydrogen-bond acceptors (Lipinski definition) is 8. The Kier molecular flexibility index (Phi) is 9.73. The van der Waals surface area contributed by atoms with E-state index < -0.39 is 53.5 Å². The lowest BCUT2D eigenvalue weighted by Crippen LogP contribution is -2.52. The summed E-state index contributed by atoms with van der Waals surface area (Å²) in [4.78, 5) is 53.5. The molecule has 0 saturated carbocycles. The van der Waals surface area contributed by atoms with Crippen molar-refractivity contribution in [1.82, 2.24) is 34.0 Å². The first kappa shape index (κ1) is 35.7. The normalized spacial score (nSPS) is 15.6. The van der Waals surface area contributed by atoms with E-state index in [1.807, 2.05) is 4.98 Å². The summed E-state index contributed by atoms with van der Waals surface area (Å²) in [5.74, 6) is -1.08. The molecule has 1 fully saturated rings. The highest BCUT2D eigenvalue weighted by Gasteiger charge is 2.37. The molecule has 0 atom stereocenters. The molecule has 3 aromatic heterocycles. The fourth-order valence-corrected chi connectivity index (χ4v) is 6.07. The van der Waals surface area contributed by atoms with E-state index in [1.54, 1.807) is 17.9 Å². The fourth-order valence-electron chi connectivity index (χ4n) is 5.84. The number of imidazole rings is 1. The van der Waals surface area contributed by atoms with Crippen LogP contribution < -0.4 is 21.1 Å². The second-order valence-corrected chi connectivity index (χ2v) is 11.9. The van der Waals surface area contributed by atoms with Crippen molar-refractivity contribution in [3.8, 4) is 0 Å². The van der Waals surface area contributed by atoms with Crippen molar-refractivity contribution in [2.45, 2.75) is 38.7 Å². The van der Waals surface area contributed by atoms with Crippen LogP contribution in [0.25, 0.3) is 11.4 Å². The Balaban J connectivity index is 1.30. The summed E-state index contributed by atoms with van der Waals surface area (Å²) in [7, 11) is 0. The Bertz CT molecular complexity index is 2060. The van der Waals surface area contributed by atoms with Crippen LogP contribution in [0, 0.1) is 0 Å². The third kappa shape index (κ3) is 7.36. The molecular weight excluding hydrogens is 714 g/mol. The van der Waals surface area contributed by atoms with Crippen LogP contribution in [0.15, 0.2) is 35.4 Å². The molecule has 4 aromatic rings. The molecule has 21 heteroatoms. The molecule has 6 rings (SSSR count). The molecule has 0 radical (unpaired) electrons. The number of aromatic amines is 1. The van der Waals surface area contributed by atoms with E-state index in [9.17, 15) is 40.7 Å². The second kappa shape index (κ2) is 13.9. The minimum Gasteiger partial charge on any atom is -0.377 e. The Morgan fingerprint density at radius 2 is 1.80 bits per heavy atom. The van der Waals surface area contributed by atoms with Gasteiger partial charge in [-0.1, -0.05) is 24.6 Å². The van der Waals surface area contributed by atoms with Gasteiger partial charge in [0.05, 0.1) is 41.5 Å². The smallest absolute Gasteiger partial charge is 0.377 e. The van der Waals surface area contributed by atoms with Gasteiger partial charge in [-0.2, -0.15) is 35.8 Å². The first-order valence-electron chi connectivity index (χ1n) is 15.5. The van der Waals surface area contributed by atoms with Crippen molar-refractivity contribution in [3.63, 3.8) is 0 Å². The number of nitrogens with one attached hydrogen (secondary N) is 3. The van der Waals surface area contributed by atoms with Crippen LogP contribution >= 0.6 is 11.6 Å². The lowest BCUT2D eigenvalue weighted by molar-refractivity contribution is -0.140. The van der Waals surface area contributed by atoms with Crippen molar-refractivity contribution in [2.24, 2.45) is 0 Å². The zero-order valence-corrected chi connectivity index (χ0v) is 27.4. The number of benzene rings is 1. The average molecular weight is 743 g/mol. The monoisotopic (exact) mass is 742 g/mol. The number of alkyl halides is 6. The van der Waals surface area contributed by atoms with Gasteiger partial charge in [-0.05, 0) is 36.6 Å². The number of fused-ring (bicyclic) bond motifs is 1. The van der Waals surface area contributed by atoms with E-state index in [2.05, 4.69) is 25.7 Å². The topological polar surface area (TPSA) is 155 Å². The minimum absolute atomic E-state index is 0.0145. The van der Waals surface area contributed by atoms with Gasteiger partial charge in [-0.15, -0.1) is 5.10 Å². The highest BCUT2D eigenvalue weighted by atomic mass is 35.5. The summed E-state index contributed by atoms with van der Waals surface area (Å²) in [5.41, 5.74) is -1.55. The minimum atomic E-state index is -4.77. The summed E-state index contributed by atoms with van der Waals surface area (Å²) in [6.07, 6.45) is -6.13. The van der Waals surface area contributed by atoms with E-state index in [0.29, 0.717) is 31.4 Å². The molecule has 0 aliphatic carbocycles. The largest absolute Gasteiger partial charge is 0.434 e. The van der Waals surface area contributed by atoms with Gasteiger partial charge < -0.3 is 29.4 Å². The third-order valence-corrected chi connectivity index (χ3v) is 8.63. The highest BCUT2D eigenvalue weighted by molar-refractivity contribution is 6.33. The predicted molar refractivity (Wildman–Crippen MR) is 172 cm³/mol. The number of aromatic nitrogens is 6. The summed E-state index contributed by atoms with van der Waals surface area (Å²) < 4.78 is 87.2. The van der Waals surface area contributed by atoms with Crippen LogP contribution in [-0.4, -0.2) is 85.4 Å². The van der Waals surface area contributed by atoms with Crippen molar-refractivity contribution in [2.75, 3.05) is 54.9 Å². The van der Waals surface area contributed by atoms with Gasteiger partial charge in [0.25, 0.3) is 5.56 Å². The summed E-state index contributed by atoms with van der Waals surface area (Å²) >= 11 is 6.07. The Morgan fingerprint density at radius 3 is 2.43 bits per heavy atom. The van der Waals surface area contributed by atoms with Gasteiger partial charge >= 0.3 is 18.4 Å². The lowest BCUT2D eigenvalue weighted by Gasteiger charge is -2.36. The maximum atomic E-state index is 14.1. The molecule has 3 amide bonds. The van der Waals surface area contributed by atoms with Gasteiger partial charge in [-0.3, -0.25) is 14.9 Å². The Labute approximate surface area is 289 Å². The first-order valence-corrected chi connectivity index (χ1v) is 15.9. The number of hydrogen-bond donors (Lipinski definition) is 3. The van der Waals surface area contributed by atoms with E-state index >= 15 is 0 Å². The molecule has 0 unspecified atom stereocenters. The van der Waals surface area contributed by atoms with Crippen molar-refractivity contribution in [1.29, 1.82) is 0 Å². The zero-order valence-electron chi connectivity index (χ0n) is 26.7. The number of anilines is 3. The second-order valence-electron chi connectivity index (χ2n) is 11.5. The predicted octanol–water partition coefficient (Wildman–Crippen LogP) is 4.66. The molecule has 1 saturated heterocycles. The lowest BCUT2D eigenvalue weighted by atomic mass is 10.1. The number of H-pyrrole nitrogens is 1. The van der Waals surface area contributed by atoms with Gasteiger partial charge in [0, 0.05) is 26.2 Å². The first-order chi connectivity index (χ1) is 24.2. The van der Waals surface area contributed by atoms with Crippen LogP contribution in [0.2, 0.25) is 5.02 Å². The molecule has 1 aromatic carbocycles. The molecule has 14 nitrogen and oxygen atoms in total. The number of carbonyl (C=O) groups is 2. The molecule has 3 N–H and O–H groups in total. The van der Waals surface area contributed by atoms with Gasteiger partial charge in [0.1, 0.15) is 12.2 Å². The van der Waals surface area contributed by atoms with Crippen LogP contribution in [-0.2, 0) is 34.8 Å². The van der Waals surface area contributed by atoms with E-state index in [1.165, 1.54) is 9.47 Å². The van der Waals surface area contributed by atoms with Crippen LogP contribution in [0.4, 0.5) is 48.3 Å². The highest BCUT2D eigenvalue weighted by Crippen LogP contribution is 2.34. The van der Waals surface area contributed by atoms with Crippen LogP contribution in [0.5, 0.6) is 0 Å². The molecule has 0 bridgehead atoms. The van der Waals surface area contributed by atoms with Crippen molar-refractivity contribution >= 4 is 52.1 Å². The summed E-state index contributed by atoms with van der Waals surface area (Å²) in [6, 6.07) is 1.69. The summed E-state index contributed by atoms with van der Waals surface area (Å²) in [5, 5.41) is 8.83. The fraction of sp³-hybridized carbons (Fsp3) is 0.400. The number of nitrogens with zero attached hydrogens (tertiary/aromatic N) is 7. The summed E-state index contributed by atoms with van der Waals surface area (Å²) in [6.45, 7) is 2.23. The maximum Gasteiger partial charge on any atom is 0.434 e. The molecule has 272 valence electrons.